The minimum Gasteiger partial charge on any atom is -0.490 e. The van der Waals surface area contributed by atoms with E-state index >= 15 is 0 Å². The van der Waals surface area contributed by atoms with Gasteiger partial charge in [0.15, 0.2) is 11.5 Å². The van der Waals surface area contributed by atoms with Crippen molar-refractivity contribution in [3.63, 3.8) is 0 Å². The summed E-state index contributed by atoms with van der Waals surface area (Å²) >= 11 is 0. The Bertz CT molecular complexity index is 558. The summed E-state index contributed by atoms with van der Waals surface area (Å²) < 4.78 is 11.1. The van der Waals surface area contributed by atoms with Crippen molar-refractivity contribution in [1.82, 2.24) is 10.6 Å². The molecular weight excluding hydrogens is 304 g/mol. The number of hydrogen-bond donors (Lipinski definition) is 2. The molecule has 2 N–H and O–H groups in total. The highest BCUT2D eigenvalue weighted by Gasteiger charge is 2.32. The zero-order chi connectivity index (χ0) is 17.6. The molecule has 1 fully saturated rings. The number of carbonyl (C=O) groups is 1. The van der Waals surface area contributed by atoms with Crippen molar-refractivity contribution >= 4 is 5.91 Å². The molecule has 1 unspecified atom stereocenters. The first-order valence-electron chi connectivity index (χ1n) is 8.89. The number of hydrogen-bond acceptors (Lipinski definition) is 4. The van der Waals surface area contributed by atoms with E-state index in [9.17, 15) is 4.79 Å². The predicted octanol–water partition coefficient (Wildman–Crippen LogP) is 2.99. The molecule has 0 aromatic heterocycles. The number of piperidine rings is 1. The van der Waals surface area contributed by atoms with Crippen LogP contribution in [-0.4, -0.2) is 38.3 Å². The molecule has 24 heavy (non-hydrogen) atoms. The molecule has 1 amide bonds. The van der Waals surface area contributed by atoms with Crippen LogP contribution in [-0.2, 0) is 0 Å². The topological polar surface area (TPSA) is 59.6 Å². The third-order valence-electron chi connectivity index (χ3n) is 4.60. The van der Waals surface area contributed by atoms with Crippen molar-refractivity contribution in [3.05, 3.63) is 23.8 Å². The van der Waals surface area contributed by atoms with Crippen molar-refractivity contribution in [2.45, 2.75) is 46.6 Å². The number of nitrogens with one attached hydrogen (secondary N) is 2. The zero-order valence-electron chi connectivity index (χ0n) is 15.3. The first kappa shape index (κ1) is 18.6. The van der Waals surface area contributed by atoms with Crippen LogP contribution < -0.4 is 20.1 Å². The Hall–Kier alpha value is -1.75. The summed E-state index contributed by atoms with van der Waals surface area (Å²) in [4.78, 5) is 12.5. The molecule has 134 valence electrons. The lowest BCUT2D eigenvalue weighted by atomic mass is 9.77. The fourth-order valence-corrected chi connectivity index (χ4v) is 3.11. The molecule has 1 heterocycles. The number of rotatable bonds is 7. The molecule has 0 bridgehead atoms. The molecule has 0 radical (unpaired) electrons. The molecule has 1 aromatic carbocycles. The Morgan fingerprint density at radius 2 is 1.96 bits per heavy atom. The SMILES string of the molecule is CCOc1ccc(C(=O)NCC2NCCCC2(C)C)cc1OCC. The number of carbonyl (C=O) groups excluding carboxylic acids is 1. The van der Waals surface area contributed by atoms with Crippen LogP contribution in [0.3, 0.4) is 0 Å². The Kier molecular flexibility index (Phi) is 6.49. The van der Waals surface area contributed by atoms with E-state index in [2.05, 4.69) is 24.5 Å². The molecule has 5 nitrogen and oxygen atoms in total. The average molecular weight is 334 g/mol. The van der Waals surface area contributed by atoms with Gasteiger partial charge in [0.05, 0.1) is 13.2 Å². The van der Waals surface area contributed by atoms with Gasteiger partial charge in [0, 0.05) is 18.2 Å². The highest BCUT2D eigenvalue weighted by molar-refractivity contribution is 5.94. The second-order valence-electron chi connectivity index (χ2n) is 6.84. The zero-order valence-corrected chi connectivity index (χ0v) is 15.3. The Balaban J connectivity index is 2.02. The van der Waals surface area contributed by atoms with E-state index < -0.39 is 0 Å². The maximum absolute atomic E-state index is 12.5. The van der Waals surface area contributed by atoms with Crippen LogP contribution >= 0.6 is 0 Å². The number of benzene rings is 1. The third-order valence-corrected chi connectivity index (χ3v) is 4.60. The first-order chi connectivity index (χ1) is 11.5. The summed E-state index contributed by atoms with van der Waals surface area (Å²) in [6.45, 7) is 11.1. The smallest absolute Gasteiger partial charge is 0.251 e. The molecule has 0 spiro atoms. The highest BCUT2D eigenvalue weighted by atomic mass is 16.5. The van der Waals surface area contributed by atoms with Gasteiger partial charge in [-0.15, -0.1) is 0 Å². The normalized spacial score (nSPS) is 19.6. The predicted molar refractivity (Wildman–Crippen MR) is 95.9 cm³/mol. The van der Waals surface area contributed by atoms with Gasteiger partial charge in [-0.05, 0) is 56.8 Å². The Morgan fingerprint density at radius 3 is 2.62 bits per heavy atom. The summed E-state index contributed by atoms with van der Waals surface area (Å²) in [7, 11) is 0. The van der Waals surface area contributed by atoms with Gasteiger partial charge in [0.2, 0.25) is 0 Å². The van der Waals surface area contributed by atoms with Crippen molar-refractivity contribution in [2.24, 2.45) is 5.41 Å². The van der Waals surface area contributed by atoms with E-state index in [1.54, 1.807) is 18.2 Å². The van der Waals surface area contributed by atoms with Gasteiger partial charge in [-0.3, -0.25) is 4.79 Å². The van der Waals surface area contributed by atoms with Crippen LogP contribution in [0.5, 0.6) is 11.5 Å². The lowest BCUT2D eigenvalue weighted by Crippen LogP contribution is -2.52. The van der Waals surface area contributed by atoms with Gasteiger partial charge in [-0.25, -0.2) is 0 Å². The molecule has 0 aliphatic carbocycles. The van der Waals surface area contributed by atoms with Crippen LogP contribution in [0.25, 0.3) is 0 Å². The van der Waals surface area contributed by atoms with E-state index in [1.807, 2.05) is 13.8 Å². The average Bonchev–Trinajstić information content (AvgIpc) is 2.55. The number of ether oxygens (including phenoxy) is 2. The van der Waals surface area contributed by atoms with Crippen LogP contribution in [0.15, 0.2) is 18.2 Å². The summed E-state index contributed by atoms with van der Waals surface area (Å²) in [5.74, 6) is 1.20. The maximum Gasteiger partial charge on any atom is 0.251 e. The van der Waals surface area contributed by atoms with E-state index in [1.165, 1.54) is 12.8 Å². The summed E-state index contributed by atoms with van der Waals surface area (Å²) in [6.07, 6.45) is 2.37. The van der Waals surface area contributed by atoms with E-state index in [0.717, 1.165) is 6.54 Å². The highest BCUT2D eigenvalue weighted by Crippen LogP contribution is 2.30. The van der Waals surface area contributed by atoms with Crippen LogP contribution in [0.1, 0.15) is 50.9 Å². The van der Waals surface area contributed by atoms with Crippen molar-refractivity contribution < 1.29 is 14.3 Å². The molecule has 5 heteroatoms. The third kappa shape index (κ3) is 4.63. The molecule has 1 aliphatic heterocycles. The quantitative estimate of drug-likeness (QED) is 0.805. The fourth-order valence-electron chi connectivity index (χ4n) is 3.11. The van der Waals surface area contributed by atoms with Crippen molar-refractivity contribution in [2.75, 3.05) is 26.3 Å². The molecule has 1 atom stereocenters. The van der Waals surface area contributed by atoms with E-state index in [4.69, 9.17) is 9.47 Å². The second-order valence-corrected chi connectivity index (χ2v) is 6.84. The maximum atomic E-state index is 12.5. The van der Waals surface area contributed by atoms with E-state index in [-0.39, 0.29) is 11.3 Å². The van der Waals surface area contributed by atoms with Gasteiger partial charge < -0.3 is 20.1 Å². The van der Waals surface area contributed by atoms with E-state index in [0.29, 0.717) is 42.9 Å². The molecular formula is C19H30N2O3. The largest absolute Gasteiger partial charge is 0.490 e. The summed E-state index contributed by atoms with van der Waals surface area (Å²) in [6, 6.07) is 5.63. The van der Waals surface area contributed by atoms with Gasteiger partial charge in [-0.1, -0.05) is 13.8 Å². The van der Waals surface area contributed by atoms with Gasteiger partial charge in [0.1, 0.15) is 0 Å². The van der Waals surface area contributed by atoms with Gasteiger partial charge in [-0.2, -0.15) is 0 Å². The van der Waals surface area contributed by atoms with Crippen molar-refractivity contribution in [1.29, 1.82) is 0 Å². The minimum absolute atomic E-state index is 0.0813. The Morgan fingerprint density at radius 1 is 1.25 bits per heavy atom. The lowest BCUT2D eigenvalue weighted by molar-refractivity contribution is 0.0928. The fraction of sp³-hybridized carbons (Fsp3) is 0.632. The molecule has 2 rings (SSSR count). The summed E-state index contributed by atoms with van der Waals surface area (Å²) in [5, 5.41) is 6.56. The van der Waals surface area contributed by atoms with Crippen molar-refractivity contribution in [3.8, 4) is 11.5 Å². The molecule has 0 saturated carbocycles. The Labute approximate surface area is 145 Å². The second kappa shape index (κ2) is 8.38. The van der Waals surface area contributed by atoms with Gasteiger partial charge in [0.25, 0.3) is 5.91 Å². The minimum atomic E-state index is -0.0813. The van der Waals surface area contributed by atoms with Crippen LogP contribution in [0, 0.1) is 5.41 Å². The van der Waals surface area contributed by atoms with Gasteiger partial charge >= 0.3 is 0 Å². The molecule has 1 aromatic rings. The summed E-state index contributed by atoms with van der Waals surface area (Å²) in [5.41, 5.74) is 0.788. The number of amides is 1. The molecule has 1 aliphatic rings. The standard InChI is InChI=1S/C19H30N2O3/c1-5-23-15-9-8-14(12-16(15)24-6-2)18(22)21-13-17-19(3,4)10-7-11-20-17/h8-9,12,17,20H,5-7,10-11,13H2,1-4H3,(H,21,22). The molecule has 1 saturated heterocycles. The first-order valence-corrected chi connectivity index (χ1v) is 8.89. The lowest BCUT2D eigenvalue weighted by Gasteiger charge is -2.39. The monoisotopic (exact) mass is 334 g/mol. The van der Waals surface area contributed by atoms with Crippen LogP contribution in [0.2, 0.25) is 0 Å². The van der Waals surface area contributed by atoms with Crippen LogP contribution in [0.4, 0.5) is 0 Å².